The molecule has 0 spiro atoms. The Labute approximate surface area is 138 Å². The largest absolute Gasteiger partial charge is 0.417 e. The van der Waals surface area contributed by atoms with E-state index in [1.165, 1.54) is 5.56 Å². The maximum absolute atomic E-state index is 12.9. The highest BCUT2D eigenvalue weighted by Gasteiger charge is 2.32. The van der Waals surface area contributed by atoms with Crippen molar-refractivity contribution in [2.24, 2.45) is 0 Å². The lowest BCUT2D eigenvalue weighted by Crippen LogP contribution is -2.46. The lowest BCUT2D eigenvalue weighted by atomic mass is 10.2. The number of piperazine rings is 1. The van der Waals surface area contributed by atoms with Gasteiger partial charge in [0.05, 0.1) is 11.3 Å². The van der Waals surface area contributed by atoms with Crippen molar-refractivity contribution in [1.82, 2.24) is 9.88 Å². The molecule has 24 heavy (non-hydrogen) atoms. The van der Waals surface area contributed by atoms with E-state index in [1.807, 2.05) is 23.1 Å². The van der Waals surface area contributed by atoms with Crippen LogP contribution in [0.1, 0.15) is 11.1 Å². The minimum absolute atomic E-state index is 0.138. The van der Waals surface area contributed by atoms with E-state index in [2.05, 4.69) is 22.0 Å². The first-order valence-electron chi connectivity index (χ1n) is 7.77. The van der Waals surface area contributed by atoms with Crippen LogP contribution in [-0.4, -0.2) is 36.1 Å². The second kappa shape index (κ2) is 6.68. The predicted octanol–water partition coefficient (Wildman–Crippen LogP) is 3.00. The van der Waals surface area contributed by atoms with Gasteiger partial charge in [-0.3, -0.25) is 4.90 Å². The van der Waals surface area contributed by atoms with Gasteiger partial charge < -0.3 is 10.6 Å². The molecule has 1 aliphatic rings. The Morgan fingerprint density at radius 3 is 2.33 bits per heavy atom. The Bertz CT molecular complexity index is 680. The first kappa shape index (κ1) is 16.6. The lowest BCUT2D eigenvalue weighted by molar-refractivity contribution is -0.137. The summed E-state index contributed by atoms with van der Waals surface area (Å²) in [6.45, 7) is 3.63. The van der Waals surface area contributed by atoms with Crippen molar-refractivity contribution in [2.45, 2.75) is 12.7 Å². The predicted molar refractivity (Wildman–Crippen MR) is 87.6 cm³/mol. The molecule has 7 heteroatoms. The SMILES string of the molecule is Nc1ncc(C(F)(F)F)cc1N1CCN(Cc2ccccc2)CC1. The van der Waals surface area contributed by atoms with E-state index in [-0.39, 0.29) is 5.82 Å². The highest BCUT2D eigenvalue weighted by molar-refractivity contribution is 5.64. The van der Waals surface area contributed by atoms with Gasteiger partial charge in [-0.25, -0.2) is 4.98 Å². The van der Waals surface area contributed by atoms with Gasteiger partial charge in [-0.2, -0.15) is 13.2 Å². The summed E-state index contributed by atoms with van der Waals surface area (Å²) in [5.41, 5.74) is 6.62. The van der Waals surface area contributed by atoms with Gasteiger partial charge in [0, 0.05) is 38.9 Å². The fourth-order valence-electron chi connectivity index (χ4n) is 2.86. The van der Waals surface area contributed by atoms with E-state index in [9.17, 15) is 13.2 Å². The zero-order chi connectivity index (χ0) is 17.2. The summed E-state index contributed by atoms with van der Waals surface area (Å²) < 4.78 is 38.6. The molecule has 1 fully saturated rings. The van der Waals surface area contributed by atoms with Crippen LogP contribution in [-0.2, 0) is 12.7 Å². The number of alkyl halides is 3. The molecule has 2 N–H and O–H groups in total. The molecule has 1 aromatic carbocycles. The van der Waals surface area contributed by atoms with Gasteiger partial charge in [0.15, 0.2) is 0 Å². The smallest absolute Gasteiger partial charge is 0.382 e. The Kier molecular flexibility index (Phi) is 4.62. The fraction of sp³-hybridized carbons (Fsp3) is 0.353. The third-order valence-corrected chi connectivity index (χ3v) is 4.19. The van der Waals surface area contributed by atoms with Crippen LogP contribution in [0.3, 0.4) is 0 Å². The first-order chi connectivity index (χ1) is 11.4. The van der Waals surface area contributed by atoms with E-state index < -0.39 is 11.7 Å². The number of hydrogen-bond donors (Lipinski definition) is 1. The van der Waals surface area contributed by atoms with Crippen molar-refractivity contribution >= 4 is 11.5 Å². The molecule has 3 rings (SSSR count). The fourth-order valence-corrected chi connectivity index (χ4v) is 2.86. The van der Waals surface area contributed by atoms with Gasteiger partial charge in [0.2, 0.25) is 0 Å². The molecular formula is C17H19F3N4. The summed E-state index contributed by atoms with van der Waals surface area (Å²) >= 11 is 0. The number of aromatic nitrogens is 1. The minimum atomic E-state index is -4.41. The molecule has 0 saturated carbocycles. The molecule has 128 valence electrons. The van der Waals surface area contributed by atoms with Gasteiger partial charge in [-0.1, -0.05) is 30.3 Å². The standard InChI is InChI=1S/C17H19F3N4/c18-17(19,20)14-10-15(16(21)22-11-14)24-8-6-23(7-9-24)12-13-4-2-1-3-5-13/h1-5,10-11H,6-9,12H2,(H2,21,22). The van der Waals surface area contributed by atoms with Crippen LogP contribution in [0.4, 0.5) is 24.7 Å². The molecule has 0 aliphatic carbocycles. The Balaban J connectivity index is 1.66. The van der Waals surface area contributed by atoms with E-state index in [0.29, 0.717) is 18.8 Å². The molecule has 0 radical (unpaired) electrons. The van der Waals surface area contributed by atoms with E-state index in [1.54, 1.807) is 0 Å². The molecule has 1 saturated heterocycles. The molecular weight excluding hydrogens is 317 g/mol. The topological polar surface area (TPSA) is 45.4 Å². The number of anilines is 2. The second-order valence-electron chi connectivity index (χ2n) is 5.87. The first-order valence-corrected chi connectivity index (χ1v) is 7.77. The summed E-state index contributed by atoms with van der Waals surface area (Å²) in [5, 5.41) is 0. The van der Waals surface area contributed by atoms with Crippen molar-refractivity contribution in [2.75, 3.05) is 36.8 Å². The third-order valence-electron chi connectivity index (χ3n) is 4.19. The van der Waals surface area contributed by atoms with Crippen molar-refractivity contribution in [1.29, 1.82) is 0 Å². The number of benzene rings is 1. The van der Waals surface area contributed by atoms with Crippen molar-refractivity contribution in [3.8, 4) is 0 Å². The maximum atomic E-state index is 12.9. The van der Waals surface area contributed by atoms with Crippen molar-refractivity contribution < 1.29 is 13.2 Å². The molecule has 1 aromatic heterocycles. The van der Waals surface area contributed by atoms with Crippen LogP contribution in [0, 0.1) is 0 Å². The molecule has 0 bridgehead atoms. The summed E-state index contributed by atoms with van der Waals surface area (Å²) in [5.74, 6) is 0.138. The van der Waals surface area contributed by atoms with Crippen LogP contribution in [0.5, 0.6) is 0 Å². The van der Waals surface area contributed by atoms with Crippen LogP contribution >= 0.6 is 0 Å². The second-order valence-corrected chi connectivity index (χ2v) is 5.87. The number of hydrogen-bond acceptors (Lipinski definition) is 4. The summed E-state index contributed by atoms with van der Waals surface area (Å²) in [6, 6.07) is 11.2. The van der Waals surface area contributed by atoms with Crippen molar-refractivity contribution in [3.05, 3.63) is 53.7 Å². The molecule has 1 aliphatic heterocycles. The number of rotatable bonds is 3. The number of nitrogen functional groups attached to an aromatic ring is 1. The minimum Gasteiger partial charge on any atom is -0.382 e. The van der Waals surface area contributed by atoms with Crippen molar-refractivity contribution in [3.63, 3.8) is 0 Å². The van der Waals surface area contributed by atoms with E-state index in [4.69, 9.17) is 5.73 Å². The highest BCUT2D eigenvalue weighted by Crippen LogP contribution is 2.33. The summed E-state index contributed by atoms with van der Waals surface area (Å²) in [4.78, 5) is 7.86. The average molecular weight is 336 g/mol. The third kappa shape index (κ3) is 3.79. The van der Waals surface area contributed by atoms with Gasteiger partial charge in [-0.05, 0) is 11.6 Å². The molecule has 2 aromatic rings. The van der Waals surface area contributed by atoms with E-state index >= 15 is 0 Å². The zero-order valence-corrected chi connectivity index (χ0v) is 13.1. The number of pyridine rings is 1. The normalized spacial score (nSPS) is 16.4. The van der Waals surface area contributed by atoms with Crippen LogP contribution in [0.2, 0.25) is 0 Å². The maximum Gasteiger partial charge on any atom is 0.417 e. The summed E-state index contributed by atoms with van der Waals surface area (Å²) in [6.07, 6.45) is -3.63. The molecule has 4 nitrogen and oxygen atoms in total. The molecule has 0 amide bonds. The Morgan fingerprint density at radius 1 is 1.04 bits per heavy atom. The Hall–Kier alpha value is -2.28. The highest BCUT2D eigenvalue weighted by atomic mass is 19.4. The van der Waals surface area contributed by atoms with Gasteiger partial charge in [0.25, 0.3) is 0 Å². The van der Waals surface area contributed by atoms with Gasteiger partial charge >= 0.3 is 6.18 Å². The van der Waals surface area contributed by atoms with Crippen LogP contribution < -0.4 is 10.6 Å². The number of nitrogens with two attached hydrogens (primary N) is 1. The average Bonchev–Trinajstić information content (AvgIpc) is 2.56. The number of halogens is 3. The molecule has 0 atom stereocenters. The van der Waals surface area contributed by atoms with Crippen LogP contribution in [0.25, 0.3) is 0 Å². The van der Waals surface area contributed by atoms with Crippen LogP contribution in [0.15, 0.2) is 42.6 Å². The lowest BCUT2D eigenvalue weighted by Gasteiger charge is -2.36. The quantitative estimate of drug-likeness (QED) is 0.936. The van der Waals surface area contributed by atoms with Gasteiger partial charge in [0.1, 0.15) is 5.82 Å². The van der Waals surface area contributed by atoms with E-state index in [0.717, 1.165) is 31.9 Å². The van der Waals surface area contributed by atoms with Gasteiger partial charge in [-0.15, -0.1) is 0 Å². The zero-order valence-electron chi connectivity index (χ0n) is 13.1. The number of nitrogens with zero attached hydrogens (tertiary/aromatic N) is 3. The Morgan fingerprint density at radius 2 is 1.71 bits per heavy atom. The molecule has 2 heterocycles. The molecule has 0 unspecified atom stereocenters. The summed E-state index contributed by atoms with van der Waals surface area (Å²) in [7, 11) is 0. The monoisotopic (exact) mass is 336 g/mol.